The molecule has 2 aliphatic rings. The molecule has 1 atom stereocenters. The molecule has 1 N–H and O–H groups in total. The second-order valence-electron chi connectivity index (χ2n) is 6.38. The minimum absolute atomic E-state index is 0. The summed E-state index contributed by atoms with van der Waals surface area (Å²) in [4.78, 5) is 17.4. The summed E-state index contributed by atoms with van der Waals surface area (Å²) in [7, 11) is 4.69. The summed E-state index contributed by atoms with van der Waals surface area (Å²) in [5, 5.41) is 3.40. The maximum Gasteiger partial charge on any atom is 0.257 e. The number of methoxy groups -OCH3 is 3. The smallest absolute Gasteiger partial charge is 0.257 e. The van der Waals surface area contributed by atoms with Gasteiger partial charge in [-0.05, 0) is 13.0 Å². The van der Waals surface area contributed by atoms with Crippen LogP contribution in [0, 0.1) is 0 Å². The maximum absolute atomic E-state index is 13.0. The Morgan fingerprint density at radius 3 is 2.15 bits per heavy atom. The number of ether oxygens (including phenoxy) is 3. The van der Waals surface area contributed by atoms with Gasteiger partial charge in [0.1, 0.15) is 5.75 Å². The Bertz CT molecular complexity index is 615. The van der Waals surface area contributed by atoms with E-state index in [0.717, 1.165) is 39.3 Å². The van der Waals surface area contributed by atoms with E-state index in [1.807, 2.05) is 4.90 Å². The van der Waals surface area contributed by atoms with Gasteiger partial charge in [0, 0.05) is 50.9 Å². The molecule has 0 aromatic heterocycles. The number of rotatable bonds is 5. The molecule has 0 spiro atoms. The first-order chi connectivity index (χ1) is 12.2. The predicted molar refractivity (Wildman–Crippen MR) is 102 cm³/mol. The summed E-state index contributed by atoms with van der Waals surface area (Å²) in [6.45, 7) is 5.42. The van der Waals surface area contributed by atoms with Crippen LogP contribution in [-0.4, -0.2) is 82.3 Å². The van der Waals surface area contributed by atoms with E-state index in [0.29, 0.717) is 28.9 Å². The van der Waals surface area contributed by atoms with E-state index in [1.165, 1.54) is 6.42 Å². The van der Waals surface area contributed by atoms with Crippen molar-refractivity contribution in [3.63, 3.8) is 0 Å². The SMILES string of the molecule is COc1cc(OC)c(C(=O)N2CCN(C3CCNC3)CC2)cc1OC.Cl. The van der Waals surface area contributed by atoms with Crippen LogP contribution in [0.3, 0.4) is 0 Å². The highest BCUT2D eigenvalue weighted by atomic mass is 35.5. The van der Waals surface area contributed by atoms with Crippen molar-refractivity contribution in [3.8, 4) is 17.2 Å². The summed E-state index contributed by atoms with van der Waals surface area (Å²) in [6, 6.07) is 4.01. The van der Waals surface area contributed by atoms with E-state index in [9.17, 15) is 4.79 Å². The average Bonchev–Trinajstić information content (AvgIpc) is 3.21. The van der Waals surface area contributed by atoms with Crippen LogP contribution in [0.2, 0.25) is 0 Å². The molecule has 8 heteroatoms. The molecular formula is C18H28ClN3O4. The molecule has 26 heavy (non-hydrogen) atoms. The largest absolute Gasteiger partial charge is 0.496 e. The van der Waals surface area contributed by atoms with Gasteiger partial charge in [-0.25, -0.2) is 0 Å². The molecule has 0 saturated carbocycles. The molecule has 3 rings (SSSR count). The molecule has 1 aromatic rings. The number of hydrogen-bond acceptors (Lipinski definition) is 6. The van der Waals surface area contributed by atoms with Crippen LogP contribution in [0.5, 0.6) is 17.2 Å². The van der Waals surface area contributed by atoms with Gasteiger partial charge in [-0.3, -0.25) is 9.69 Å². The van der Waals surface area contributed by atoms with Gasteiger partial charge < -0.3 is 24.4 Å². The average molecular weight is 386 g/mol. The van der Waals surface area contributed by atoms with Crippen LogP contribution in [0.1, 0.15) is 16.8 Å². The highest BCUT2D eigenvalue weighted by Crippen LogP contribution is 2.35. The Morgan fingerprint density at radius 1 is 1.00 bits per heavy atom. The molecular weight excluding hydrogens is 358 g/mol. The third kappa shape index (κ3) is 4.16. The number of piperazine rings is 1. The van der Waals surface area contributed by atoms with Crippen molar-refractivity contribution in [2.24, 2.45) is 0 Å². The molecule has 7 nitrogen and oxygen atoms in total. The van der Waals surface area contributed by atoms with Crippen molar-refractivity contribution in [2.45, 2.75) is 12.5 Å². The van der Waals surface area contributed by atoms with Gasteiger partial charge in [0.2, 0.25) is 0 Å². The van der Waals surface area contributed by atoms with Crippen molar-refractivity contribution < 1.29 is 19.0 Å². The normalized spacial score (nSPS) is 20.4. The van der Waals surface area contributed by atoms with Crippen LogP contribution in [-0.2, 0) is 0 Å². The van der Waals surface area contributed by atoms with Gasteiger partial charge in [0.05, 0.1) is 26.9 Å². The Kier molecular flexibility index (Phi) is 7.37. The van der Waals surface area contributed by atoms with Crippen LogP contribution in [0.25, 0.3) is 0 Å². The van der Waals surface area contributed by atoms with Crippen molar-refractivity contribution in [1.29, 1.82) is 0 Å². The van der Waals surface area contributed by atoms with Crippen LogP contribution in [0.4, 0.5) is 0 Å². The lowest BCUT2D eigenvalue weighted by atomic mass is 10.1. The Labute approximate surface area is 161 Å². The fraction of sp³-hybridized carbons (Fsp3) is 0.611. The number of hydrogen-bond donors (Lipinski definition) is 1. The molecule has 0 aliphatic carbocycles. The van der Waals surface area contributed by atoms with E-state index in [2.05, 4.69) is 10.2 Å². The van der Waals surface area contributed by atoms with Gasteiger partial charge in [0.25, 0.3) is 5.91 Å². The van der Waals surface area contributed by atoms with Crippen LogP contribution < -0.4 is 19.5 Å². The highest BCUT2D eigenvalue weighted by molar-refractivity contribution is 5.98. The number of carbonyl (C=O) groups is 1. The topological polar surface area (TPSA) is 63.3 Å². The first-order valence-electron chi connectivity index (χ1n) is 8.72. The standard InChI is InChI=1S/C18H27N3O4.ClH/c1-23-15-11-17(25-3)16(24-2)10-14(15)18(22)21-8-6-20(7-9-21)13-4-5-19-12-13;/h10-11,13,19H,4-9,12H2,1-3H3;1H. The number of carbonyl (C=O) groups excluding carboxylic acids is 1. The van der Waals surface area contributed by atoms with Gasteiger partial charge in [-0.1, -0.05) is 0 Å². The minimum atomic E-state index is -0.0259. The molecule has 146 valence electrons. The molecule has 2 fully saturated rings. The lowest BCUT2D eigenvalue weighted by Gasteiger charge is -2.38. The van der Waals surface area contributed by atoms with Gasteiger partial charge in [-0.15, -0.1) is 12.4 Å². The molecule has 1 amide bonds. The van der Waals surface area contributed by atoms with Crippen molar-refractivity contribution in [1.82, 2.24) is 15.1 Å². The van der Waals surface area contributed by atoms with E-state index in [4.69, 9.17) is 14.2 Å². The first-order valence-corrected chi connectivity index (χ1v) is 8.72. The Hall–Kier alpha value is -1.70. The Morgan fingerprint density at radius 2 is 1.62 bits per heavy atom. The predicted octanol–water partition coefficient (Wildman–Crippen LogP) is 1.25. The second kappa shape index (κ2) is 9.30. The van der Waals surface area contributed by atoms with Gasteiger partial charge >= 0.3 is 0 Å². The molecule has 1 unspecified atom stereocenters. The van der Waals surface area contributed by atoms with Crippen LogP contribution in [0.15, 0.2) is 12.1 Å². The van der Waals surface area contributed by atoms with E-state index in [-0.39, 0.29) is 18.3 Å². The van der Waals surface area contributed by atoms with Crippen molar-refractivity contribution >= 4 is 18.3 Å². The number of halogens is 1. The summed E-state index contributed by atoms with van der Waals surface area (Å²) in [5.41, 5.74) is 0.510. The summed E-state index contributed by atoms with van der Waals surface area (Å²) in [5.74, 6) is 1.56. The zero-order valence-corrected chi connectivity index (χ0v) is 16.4. The first kappa shape index (κ1) is 20.6. The minimum Gasteiger partial charge on any atom is -0.496 e. The molecule has 2 saturated heterocycles. The quantitative estimate of drug-likeness (QED) is 0.823. The number of nitrogens with zero attached hydrogens (tertiary/aromatic N) is 2. The summed E-state index contributed by atoms with van der Waals surface area (Å²) in [6.07, 6.45) is 1.19. The van der Waals surface area contributed by atoms with E-state index >= 15 is 0 Å². The molecule has 0 radical (unpaired) electrons. The van der Waals surface area contributed by atoms with Crippen molar-refractivity contribution in [3.05, 3.63) is 17.7 Å². The maximum atomic E-state index is 13.0. The van der Waals surface area contributed by atoms with Crippen LogP contribution >= 0.6 is 12.4 Å². The molecule has 2 heterocycles. The number of nitrogens with one attached hydrogen (secondary N) is 1. The highest BCUT2D eigenvalue weighted by Gasteiger charge is 2.29. The van der Waals surface area contributed by atoms with Crippen molar-refractivity contribution in [2.75, 3.05) is 60.6 Å². The molecule has 2 aliphatic heterocycles. The number of amides is 1. The molecule has 0 bridgehead atoms. The lowest BCUT2D eigenvalue weighted by Crippen LogP contribution is -2.52. The zero-order chi connectivity index (χ0) is 17.8. The number of benzene rings is 1. The zero-order valence-electron chi connectivity index (χ0n) is 15.6. The second-order valence-corrected chi connectivity index (χ2v) is 6.38. The third-order valence-electron chi connectivity index (χ3n) is 5.09. The lowest BCUT2D eigenvalue weighted by molar-refractivity contribution is 0.0580. The Balaban J connectivity index is 0.00000243. The van der Waals surface area contributed by atoms with E-state index in [1.54, 1.807) is 33.5 Å². The fourth-order valence-electron chi connectivity index (χ4n) is 3.61. The molecule has 1 aromatic carbocycles. The van der Waals surface area contributed by atoms with E-state index < -0.39 is 0 Å². The van der Waals surface area contributed by atoms with Gasteiger partial charge in [-0.2, -0.15) is 0 Å². The summed E-state index contributed by atoms with van der Waals surface area (Å²) < 4.78 is 16.0. The fourth-order valence-corrected chi connectivity index (χ4v) is 3.61. The van der Waals surface area contributed by atoms with Gasteiger partial charge in [0.15, 0.2) is 11.5 Å². The summed E-state index contributed by atoms with van der Waals surface area (Å²) >= 11 is 0. The monoisotopic (exact) mass is 385 g/mol. The third-order valence-corrected chi connectivity index (χ3v) is 5.09.